The number of aryl methyl sites for hydroxylation is 1. The number of benzene rings is 2. The van der Waals surface area contributed by atoms with Crippen LogP contribution in [0.4, 0.5) is 5.13 Å². The fraction of sp³-hybridized carbons (Fsp3) is 0.261. The van der Waals surface area contributed by atoms with E-state index in [0.717, 1.165) is 27.2 Å². The van der Waals surface area contributed by atoms with Crippen LogP contribution in [0.5, 0.6) is 0 Å². The van der Waals surface area contributed by atoms with Gasteiger partial charge < -0.3 is 4.90 Å². The Balaban J connectivity index is 1.74. The minimum atomic E-state index is -0.107. The number of hydrogen-bond acceptors (Lipinski definition) is 5. The Morgan fingerprint density at radius 3 is 2.58 bits per heavy atom. The van der Waals surface area contributed by atoms with Gasteiger partial charge in [0.2, 0.25) is 0 Å². The molecule has 0 radical (unpaired) electrons. The first-order chi connectivity index (χ1) is 14.8. The van der Waals surface area contributed by atoms with E-state index in [1.807, 2.05) is 70.4 Å². The third-order valence-corrected chi connectivity index (χ3v) is 6.37. The van der Waals surface area contributed by atoms with E-state index in [2.05, 4.69) is 10.00 Å². The normalized spacial score (nSPS) is 11.4. The van der Waals surface area contributed by atoms with E-state index in [4.69, 9.17) is 16.6 Å². The van der Waals surface area contributed by atoms with Crippen LogP contribution in [-0.2, 0) is 0 Å². The predicted molar refractivity (Wildman–Crippen MR) is 128 cm³/mol. The van der Waals surface area contributed by atoms with E-state index in [1.165, 1.54) is 11.3 Å². The van der Waals surface area contributed by atoms with Crippen molar-refractivity contribution in [3.05, 3.63) is 70.5 Å². The van der Waals surface area contributed by atoms with Gasteiger partial charge in [0.05, 0.1) is 33.4 Å². The summed E-state index contributed by atoms with van der Waals surface area (Å²) in [6.07, 6.45) is 1.64. The zero-order chi connectivity index (χ0) is 22.1. The molecule has 0 bridgehead atoms. The second-order valence-electron chi connectivity index (χ2n) is 7.72. The van der Waals surface area contributed by atoms with Crippen molar-refractivity contribution < 1.29 is 4.79 Å². The predicted octanol–water partition coefficient (Wildman–Crippen LogP) is 4.96. The van der Waals surface area contributed by atoms with Gasteiger partial charge in [-0.3, -0.25) is 9.69 Å². The molecule has 0 unspecified atom stereocenters. The van der Waals surface area contributed by atoms with Crippen molar-refractivity contribution in [1.82, 2.24) is 19.7 Å². The number of nitrogens with zero attached hydrogens (tertiary/aromatic N) is 5. The molecule has 160 valence electrons. The molecule has 2 aromatic carbocycles. The van der Waals surface area contributed by atoms with Gasteiger partial charge in [-0.2, -0.15) is 5.10 Å². The van der Waals surface area contributed by atoms with Crippen LogP contribution in [-0.4, -0.2) is 52.8 Å². The van der Waals surface area contributed by atoms with E-state index < -0.39 is 0 Å². The minimum Gasteiger partial charge on any atom is -0.308 e. The molecule has 2 heterocycles. The molecular weight excluding hydrogens is 430 g/mol. The number of rotatable bonds is 6. The smallest absolute Gasteiger partial charge is 0.263 e. The molecule has 6 nitrogen and oxygen atoms in total. The number of aromatic nitrogens is 3. The number of hydrogen-bond donors (Lipinski definition) is 0. The molecule has 0 aliphatic rings. The average molecular weight is 454 g/mol. The summed E-state index contributed by atoms with van der Waals surface area (Å²) in [6.45, 7) is 5.14. The van der Waals surface area contributed by atoms with Crippen molar-refractivity contribution in [2.75, 3.05) is 32.1 Å². The van der Waals surface area contributed by atoms with Crippen LogP contribution in [0.15, 0.2) is 48.7 Å². The van der Waals surface area contributed by atoms with Gasteiger partial charge >= 0.3 is 0 Å². The van der Waals surface area contributed by atoms with Crippen LogP contribution in [0.3, 0.4) is 0 Å². The lowest BCUT2D eigenvalue weighted by atomic mass is 10.2. The molecule has 31 heavy (non-hydrogen) atoms. The Kier molecular flexibility index (Phi) is 6.09. The highest BCUT2D eigenvalue weighted by atomic mass is 35.5. The molecule has 0 spiro atoms. The quantitative estimate of drug-likeness (QED) is 0.414. The number of para-hydroxylation sites is 1. The first-order valence-electron chi connectivity index (χ1n) is 9.98. The number of halogens is 1. The molecule has 0 saturated carbocycles. The molecule has 8 heteroatoms. The minimum absolute atomic E-state index is 0.107. The molecule has 0 aliphatic carbocycles. The third-order valence-electron chi connectivity index (χ3n) is 5.13. The van der Waals surface area contributed by atoms with E-state index in [-0.39, 0.29) is 5.91 Å². The average Bonchev–Trinajstić information content (AvgIpc) is 3.32. The molecular formula is C23H24ClN5OS. The molecule has 0 fully saturated rings. The number of fused-ring (bicyclic) bond motifs is 1. The fourth-order valence-electron chi connectivity index (χ4n) is 3.44. The number of amides is 1. The highest BCUT2D eigenvalue weighted by Crippen LogP contribution is 2.34. The summed E-state index contributed by atoms with van der Waals surface area (Å²) >= 11 is 7.72. The van der Waals surface area contributed by atoms with Gasteiger partial charge in [0, 0.05) is 18.1 Å². The standard InChI is InChI=1S/C23H24ClN5OS/c1-15-12-17(24)13-20-21(15)26-23(31-20)28(11-10-27(3)4)22(30)19-14-25-29(16(19)2)18-8-6-5-7-9-18/h5-9,12-14H,10-11H2,1-4H3. The van der Waals surface area contributed by atoms with Gasteiger partial charge in [0.1, 0.15) is 0 Å². The van der Waals surface area contributed by atoms with E-state index in [0.29, 0.717) is 28.8 Å². The number of thiazole rings is 1. The Labute approximate surface area is 190 Å². The lowest BCUT2D eigenvalue weighted by Crippen LogP contribution is -2.37. The summed E-state index contributed by atoms with van der Waals surface area (Å²) in [6, 6.07) is 13.6. The second-order valence-corrected chi connectivity index (χ2v) is 9.16. The molecule has 0 aliphatic heterocycles. The van der Waals surface area contributed by atoms with E-state index in [9.17, 15) is 4.79 Å². The summed E-state index contributed by atoms with van der Waals surface area (Å²) < 4.78 is 2.76. The monoisotopic (exact) mass is 453 g/mol. The van der Waals surface area contributed by atoms with Crippen LogP contribution in [0, 0.1) is 13.8 Å². The lowest BCUT2D eigenvalue weighted by molar-refractivity contribution is 0.0984. The number of carbonyl (C=O) groups excluding carboxylic acids is 1. The zero-order valence-electron chi connectivity index (χ0n) is 18.0. The number of carbonyl (C=O) groups is 1. The molecule has 2 aromatic heterocycles. The van der Waals surface area contributed by atoms with Crippen molar-refractivity contribution in [3.8, 4) is 5.69 Å². The number of anilines is 1. The Bertz CT molecular complexity index is 1230. The summed E-state index contributed by atoms with van der Waals surface area (Å²) in [5.41, 5.74) is 4.16. The van der Waals surface area contributed by atoms with Gasteiger partial charge in [-0.25, -0.2) is 9.67 Å². The van der Waals surface area contributed by atoms with Crippen LogP contribution in [0.2, 0.25) is 5.02 Å². The first-order valence-corrected chi connectivity index (χ1v) is 11.2. The van der Waals surface area contributed by atoms with Crippen LogP contribution in [0.1, 0.15) is 21.6 Å². The zero-order valence-corrected chi connectivity index (χ0v) is 19.5. The molecule has 1 amide bonds. The van der Waals surface area contributed by atoms with Crippen molar-refractivity contribution in [1.29, 1.82) is 0 Å². The van der Waals surface area contributed by atoms with Gasteiger partial charge in [0.15, 0.2) is 5.13 Å². The van der Waals surface area contributed by atoms with Crippen molar-refractivity contribution in [3.63, 3.8) is 0 Å². The Morgan fingerprint density at radius 1 is 1.13 bits per heavy atom. The SMILES string of the molecule is Cc1cc(Cl)cc2sc(N(CCN(C)C)C(=O)c3cnn(-c4ccccc4)c3C)nc12. The molecule has 0 saturated heterocycles. The van der Waals surface area contributed by atoms with Gasteiger partial charge in [-0.05, 0) is 57.8 Å². The topological polar surface area (TPSA) is 54.3 Å². The second kappa shape index (κ2) is 8.78. The Morgan fingerprint density at radius 2 is 1.87 bits per heavy atom. The largest absolute Gasteiger partial charge is 0.308 e. The van der Waals surface area contributed by atoms with E-state index in [1.54, 1.807) is 15.8 Å². The maximum Gasteiger partial charge on any atom is 0.263 e. The first kappa shape index (κ1) is 21.5. The van der Waals surface area contributed by atoms with E-state index >= 15 is 0 Å². The lowest BCUT2D eigenvalue weighted by Gasteiger charge is -2.21. The maximum absolute atomic E-state index is 13.6. The summed E-state index contributed by atoms with van der Waals surface area (Å²) in [5.74, 6) is -0.107. The van der Waals surface area contributed by atoms with Gasteiger partial charge in [-0.15, -0.1) is 0 Å². The fourth-order valence-corrected chi connectivity index (χ4v) is 4.88. The van der Waals surface area contributed by atoms with Crippen molar-refractivity contribution in [2.24, 2.45) is 0 Å². The molecule has 4 aromatic rings. The summed E-state index contributed by atoms with van der Waals surface area (Å²) in [7, 11) is 3.98. The van der Waals surface area contributed by atoms with Crippen LogP contribution >= 0.6 is 22.9 Å². The summed E-state index contributed by atoms with van der Waals surface area (Å²) in [5, 5.41) is 5.81. The molecule has 0 N–H and O–H groups in total. The van der Waals surface area contributed by atoms with Crippen LogP contribution < -0.4 is 4.90 Å². The van der Waals surface area contributed by atoms with Crippen molar-refractivity contribution >= 4 is 44.2 Å². The highest BCUT2D eigenvalue weighted by molar-refractivity contribution is 7.22. The molecule has 0 atom stereocenters. The summed E-state index contributed by atoms with van der Waals surface area (Å²) in [4.78, 5) is 22.2. The third kappa shape index (κ3) is 4.35. The van der Waals surface area contributed by atoms with Crippen molar-refractivity contribution in [2.45, 2.75) is 13.8 Å². The van der Waals surface area contributed by atoms with Crippen LogP contribution in [0.25, 0.3) is 15.9 Å². The molecule has 4 rings (SSSR count). The number of likely N-dealkylation sites (N-methyl/N-ethyl adjacent to an activating group) is 1. The van der Waals surface area contributed by atoms with Gasteiger partial charge in [-0.1, -0.05) is 41.1 Å². The van der Waals surface area contributed by atoms with Gasteiger partial charge in [0.25, 0.3) is 5.91 Å². The maximum atomic E-state index is 13.6. The highest BCUT2D eigenvalue weighted by Gasteiger charge is 2.25. The Hall–Kier alpha value is -2.74.